The molecule has 1 fully saturated rings. The third kappa shape index (κ3) is 7.56. The van der Waals surface area contributed by atoms with Gasteiger partial charge in [-0.3, -0.25) is 4.90 Å². The van der Waals surface area contributed by atoms with E-state index in [4.69, 9.17) is 19.4 Å². The van der Waals surface area contributed by atoms with Gasteiger partial charge in [-0.1, -0.05) is 55.8 Å². The number of para-hydroxylation sites is 1. The number of aryl methyl sites for hydroxylation is 2. The fourth-order valence-electron chi connectivity index (χ4n) is 5.63. The van der Waals surface area contributed by atoms with Crippen molar-refractivity contribution in [3.63, 3.8) is 0 Å². The number of hydrogen-bond acceptors (Lipinski definition) is 7. The molecule has 2 aromatic heterocycles. The van der Waals surface area contributed by atoms with Gasteiger partial charge >= 0.3 is 18.2 Å². The predicted molar refractivity (Wildman–Crippen MR) is 182 cm³/mol. The lowest BCUT2D eigenvalue weighted by Crippen LogP contribution is -2.54. The minimum absolute atomic E-state index is 0.331. The van der Waals surface area contributed by atoms with Crippen LogP contribution in [0.2, 0.25) is 0 Å². The monoisotopic (exact) mass is 640 g/mol. The van der Waals surface area contributed by atoms with E-state index < -0.39 is 11.8 Å². The molecule has 0 unspecified atom stereocenters. The summed E-state index contributed by atoms with van der Waals surface area (Å²) in [5, 5.41) is 0. The van der Waals surface area contributed by atoms with Gasteiger partial charge < -0.3 is 18.9 Å². The molecule has 3 heterocycles. The average molecular weight is 641 g/mol. The maximum atomic E-state index is 13.4. The topological polar surface area (TPSA) is 110 Å². The van der Waals surface area contributed by atoms with E-state index in [0.29, 0.717) is 48.7 Å². The first-order chi connectivity index (χ1) is 22.4. The van der Waals surface area contributed by atoms with E-state index in [0.717, 1.165) is 47.4 Å². The van der Waals surface area contributed by atoms with Gasteiger partial charge in [0, 0.05) is 39.2 Å². The van der Waals surface area contributed by atoms with Gasteiger partial charge in [0.25, 0.3) is 0 Å². The number of hydrogen-bond donors (Lipinski definition) is 0. The summed E-state index contributed by atoms with van der Waals surface area (Å²) in [6, 6.07) is 16.8. The summed E-state index contributed by atoms with van der Waals surface area (Å²) >= 11 is 0. The lowest BCUT2D eigenvalue weighted by molar-refractivity contribution is 0.0207. The van der Waals surface area contributed by atoms with Crippen molar-refractivity contribution >= 4 is 35.1 Å². The number of imidazole rings is 1. The molecule has 2 aromatic carbocycles. The number of nitrogens with zero attached hydrogens (tertiary/aromatic N) is 6. The van der Waals surface area contributed by atoms with Gasteiger partial charge in [0.15, 0.2) is 5.65 Å². The first-order valence-corrected chi connectivity index (χ1v) is 16.1. The molecule has 11 nitrogen and oxygen atoms in total. The average Bonchev–Trinajstić information content (AvgIpc) is 3.34. The maximum absolute atomic E-state index is 13.4. The number of aromatic nitrogens is 3. The molecule has 0 spiro atoms. The van der Waals surface area contributed by atoms with Crippen molar-refractivity contribution in [3.05, 3.63) is 71.7 Å². The number of carbonyl (C=O) groups excluding carboxylic acids is 3. The SMILES string of the molecule is CCCCc1nc2cc(N3CCCN(C(=O)N(C)C)C3=O)c(C)nc2n1Cc1ccc(-c2ccccc2OC(=O)OC(C)(C)C)cc1. The van der Waals surface area contributed by atoms with Crippen molar-refractivity contribution in [3.8, 4) is 16.9 Å². The fourth-order valence-corrected chi connectivity index (χ4v) is 5.63. The number of amides is 4. The Bertz CT molecular complexity index is 1770. The van der Waals surface area contributed by atoms with Crippen LogP contribution < -0.4 is 9.64 Å². The maximum Gasteiger partial charge on any atom is 0.514 e. The lowest BCUT2D eigenvalue weighted by Gasteiger charge is -2.35. The van der Waals surface area contributed by atoms with Gasteiger partial charge in [-0.05, 0) is 63.8 Å². The van der Waals surface area contributed by atoms with E-state index in [-0.39, 0.29) is 12.1 Å². The van der Waals surface area contributed by atoms with Gasteiger partial charge in [0.05, 0.1) is 17.9 Å². The Morgan fingerprint density at radius 3 is 2.40 bits per heavy atom. The Balaban J connectivity index is 1.43. The van der Waals surface area contributed by atoms with Gasteiger partial charge in [-0.2, -0.15) is 0 Å². The highest BCUT2D eigenvalue weighted by atomic mass is 16.7. The Kier molecular flexibility index (Phi) is 9.83. The molecular formula is C36H44N6O5. The van der Waals surface area contributed by atoms with Crippen LogP contribution in [0.1, 0.15) is 64.0 Å². The summed E-state index contributed by atoms with van der Waals surface area (Å²) in [5.74, 6) is 1.36. The van der Waals surface area contributed by atoms with Crippen LogP contribution in [0.3, 0.4) is 0 Å². The van der Waals surface area contributed by atoms with Gasteiger partial charge in [-0.25, -0.2) is 29.3 Å². The van der Waals surface area contributed by atoms with Crippen LogP contribution in [0, 0.1) is 6.92 Å². The van der Waals surface area contributed by atoms with Gasteiger partial charge in [0.2, 0.25) is 0 Å². The number of carbonyl (C=O) groups is 3. The van der Waals surface area contributed by atoms with E-state index in [2.05, 4.69) is 23.6 Å². The minimum Gasteiger partial charge on any atom is -0.428 e. The highest BCUT2D eigenvalue weighted by Gasteiger charge is 2.33. The van der Waals surface area contributed by atoms with E-state index in [1.807, 2.05) is 43.3 Å². The normalized spacial score (nSPS) is 13.6. The predicted octanol–water partition coefficient (Wildman–Crippen LogP) is 7.43. The summed E-state index contributed by atoms with van der Waals surface area (Å²) in [6.45, 7) is 10.9. The highest BCUT2D eigenvalue weighted by Crippen LogP contribution is 2.32. The quantitative estimate of drug-likeness (QED) is 0.146. The molecule has 0 radical (unpaired) electrons. The molecule has 0 aliphatic carbocycles. The molecule has 0 atom stereocenters. The molecule has 47 heavy (non-hydrogen) atoms. The van der Waals surface area contributed by atoms with E-state index >= 15 is 0 Å². The van der Waals surface area contributed by atoms with Crippen LogP contribution in [0.4, 0.5) is 20.1 Å². The fraction of sp³-hybridized carbons (Fsp3) is 0.417. The number of ether oxygens (including phenoxy) is 2. The molecule has 0 N–H and O–H groups in total. The number of rotatable bonds is 8. The number of pyridine rings is 1. The number of anilines is 1. The minimum atomic E-state index is -0.747. The molecule has 248 valence electrons. The van der Waals surface area contributed by atoms with Crippen molar-refractivity contribution < 1.29 is 23.9 Å². The summed E-state index contributed by atoms with van der Waals surface area (Å²) in [7, 11) is 3.29. The summed E-state index contributed by atoms with van der Waals surface area (Å²) < 4.78 is 13.1. The van der Waals surface area contributed by atoms with E-state index in [9.17, 15) is 14.4 Å². The third-order valence-electron chi connectivity index (χ3n) is 7.92. The number of fused-ring (bicyclic) bond motifs is 1. The number of urea groups is 2. The van der Waals surface area contributed by atoms with E-state index in [1.54, 1.807) is 45.8 Å². The van der Waals surface area contributed by atoms with Crippen LogP contribution in [-0.2, 0) is 17.7 Å². The molecule has 1 aliphatic heterocycles. The molecule has 4 aromatic rings. The van der Waals surface area contributed by atoms with E-state index in [1.165, 1.54) is 9.80 Å². The zero-order chi connectivity index (χ0) is 33.9. The largest absolute Gasteiger partial charge is 0.514 e. The molecule has 11 heteroatoms. The molecule has 5 rings (SSSR count). The molecule has 4 amide bonds. The molecule has 0 bridgehead atoms. The first kappa shape index (κ1) is 33.4. The van der Waals surface area contributed by atoms with Crippen LogP contribution >= 0.6 is 0 Å². The molecule has 1 saturated heterocycles. The first-order valence-electron chi connectivity index (χ1n) is 16.1. The summed E-state index contributed by atoms with van der Waals surface area (Å²) in [4.78, 5) is 52.7. The highest BCUT2D eigenvalue weighted by molar-refractivity contribution is 6.03. The Labute approximate surface area is 276 Å². The van der Waals surface area contributed by atoms with Gasteiger partial charge in [0.1, 0.15) is 22.7 Å². The zero-order valence-corrected chi connectivity index (χ0v) is 28.4. The second-order valence-electron chi connectivity index (χ2n) is 13.0. The van der Waals surface area contributed by atoms with Crippen molar-refractivity contribution in [1.82, 2.24) is 24.3 Å². The summed E-state index contributed by atoms with van der Waals surface area (Å²) in [6.07, 6.45) is 2.73. The Morgan fingerprint density at radius 2 is 1.72 bits per heavy atom. The van der Waals surface area contributed by atoms with Crippen LogP contribution in [-0.4, -0.2) is 75.3 Å². The van der Waals surface area contributed by atoms with Crippen molar-refractivity contribution in [2.24, 2.45) is 0 Å². The molecule has 0 saturated carbocycles. The molecule has 1 aliphatic rings. The van der Waals surface area contributed by atoms with Crippen molar-refractivity contribution in [2.45, 2.75) is 72.4 Å². The Morgan fingerprint density at radius 1 is 1.00 bits per heavy atom. The lowest BCUT2D eigenvalue weighted by atomic mass is 10.0. The smallest absolute Gasteiger partial charge is 0.428 e. The van der Waals surface area contributed by atoms with Crippen LogP contribution in [0.15, 0.2) is 54.6 Å². The third-order valence-corrected chi connectivity index (χ3v) is 7.92. The zero-order valence-electron chi connectivity index (χ0n) is 28.4. The van der Waals surface area contributed by atoms with Crippen molar-refractivity contribution in [2.75, 3.05) is 32.1 Å². The standard InChI is InChI=1S/C36H44N6O5/c1-8-9-15-31-38-28-22-29(40-20-12-21-41(34(40)44)33(43)39(6)7)24(2)37-32(28)42(31)23-25-16-18-26(19-17-25)27-13-10-11-14-30(27)46-35(45)47-36(3,4)5/h10-11,13-14,16-19,22H,8-9,12,15,20-21,23H2,1-7H3. The number of imide groups is 1. The molecular weight excluding hydrogens is 596 g/mol. The number of benzene rings is 2. The van der Waals surface area contributed by atoms with Gasteiger partial charge in [-0.15, -0.1) is 0 Å². The number of unbranched alkanes of at least 4 members (excludes halogenated alkanes) is 1. The second kappa shape index (κ2) is 13.8. The summed E-state index contributed by atoms with van der Waals surface area (Å²) in [5.41, 5.74) is 4.92. The Hall–Kier alpha value is -4.93. The van der Waals surface area contributed by atoms with Crippen molar-refractivity contribution in [1.29, 1.82) is 0 Å². The van der Waals surface area contributed by atoms with Crippen LogP contribution in [0.25, 0.3) is 22.3 Å². The van der Waals surface area contributed by atoms with Crippen LogP contribution in [0.5, 0.6) is 5.75 Å². The second-order valence-corrected chi connectivity index (χ2v) is 13.0.